The zero-order valence-electron chi connectivity index (χ0n) is 15.3. The van der Waals surface area contributed by atoms with Crippen LogP contribution in [0.1, 0.15) is 59.9 Å². The van der Waals surface area contributed by atoms with E-state index in [1.54, 1.807) is 0 Å². The zero-order valence-corrected chi connectivity index (χ0v) is 15.3. The van der Waals surface area contributed by atoms with Crippen molar-refractivity contribution in [3.05, 3.63) is 53.3 Å². The molecule has 4 nitrogen and oxygen atoms in total. The third-order valence-electron chi connectivity index (χ3n) is 5.07. The van der Waals surface area contributed by atoms with Gasteiger partial charge >= 0.3 is 0 Å². The number of amides is 1. The minimum atomic E-state index is -0.00757. The number of ether oxygens (including phenoxy) is 1. The molecule has 0 atom stereocenters. The number of rotatable bonds is 6. The van der Waals surface area contributed by atoms with Crippen LogP contribution in [0.4, 0.5) is 0 Å². The SMILES string of the molecule is Cc1cc(C(=O)NCCOc2ccccc2)c(C)n1C1CCCCC1. The molecule has 1 saturated carbocycles. The van der Waals surface area contributed by atoms with Crippen molar-refractivity contribution in [3.63, 3.8) is 0 Å². The Labute approximate surface area is 150 Å². The molecule has 1 heterocycles. The maximum atomic E-state index is 12.5. The van der Waals surface area contributed by atoms with Gasteiger partial charge in [0.25, 0.3) is 5.91 Å². The van der Waals surface area contributed by atoms with Gasteiger partial charge in [-0.15, -0.1) is 0 Å². The van der Waals surface area contributed by atoms with E-state index in [4.69, 9.17) is 4.74 Å². The molecule has 4 heteroatoms. The van der Waals surface area contributed by atoms with Crippen LogP contribution in [-0.2, 0) is 0 Å². The molecule has 1 aliphatic rings. The standard InChI is InChI=1S/C21H28N2O2/c1-16-15-20(17(2)23(16)18-9-5-3-6-10-18)21(24)22-13-14-25-19-11-7-4-8-12-19/h4,7-8,11-12,15,18H,3,5-6,9-10,13-14H2,1-2H3,(H,22,24). The van der Waals surface area contributed by atoms with E-state index in [1.807, 2.05) is 36.4 Å². The smallest absolute Gasteiger partial charge is 0.253 e. The van der Waals surface area contributed by atoms with Crippen molar-refractivity contribution in [2.24, 2.45) is 0 Å². The zero-order chi connectivity index (χ0) is 17.6. The van der Waals surface area contributed by atoms with Gasteiger partial charge in [-0.2, -0.15) is 0 Å². The molecule has 0 bridgehead atoms. The summed E-state index contributed by atoms with van der Waals surface area (Å²) in [7, 11) is 0. The van der Waals surface area contributed by atoms with Crippen LogP contribution in [0.15, 0.2) is 36.4 Å². The summed E-state index contributed by atoms with van der Waals surface area (Å²) in [6.07, 6.45) is 6.37. The first-order valence-corrected chi connectivity index (χ1v) is 9.31. The first-order chi connectivity index (χ1) is 12.2. The van der Waals surface area contributed by atoms with E-state index in [2.05, 4.69) is 23.7 Å². The van der Waals surface area contributed by atoms with Crippen molar-refractivity contribution in [1.82, 2.24) is 9.88 Å². The first-order valence-electron chi connectivity index (χ1n) is 9.31. The second kappa shape index (κ2) is 8.24. The van der Waals surface area contributed by atoms with Crippen molar-refractivity contribution in [3.8, 4) is 5.75 Å². The third-order valence-corrected chi connectivity index (χ3v) is 5.07. The van der Waals surface area contributed by atoms with E-state index in [0.717, 1.165) is 17.0 Å². The number of nitrogens with one attached hydrogen (secondary N) is 1. The average molecular weight is 340 g/mol. The quantitative estimate of drug-likeness (QED) is 0.791. The number of nitrogens with zero attached hydrogens (tertiary/aromatic N) is 1. The number of hydrogen-bond acceptors (Lipinski definition) is 2. The Kier molecular flexibility index (Phi) is 5.79. The van der Waals surface area contributed by atoms with Crippen molar-refractivity contribution < 1.29 is 9.53 Å². The fourth-order valence-corrected chi connectivity index (χ4v) is 3.85. The lowest BCUT2D eigenvalue weighted by Crippen LogP contribution is -2.28. The normalized spacial score (nSPS) is 15.1. The molecule has 25 heavy (non-hydrogen) atoms. The fraction of sp³-hybridized carbons (Fsp3) is 0.476. The highest BCUT2D eigenvalue weighted by molar-refractivity contribution is 5.95. The average Bonchev–Trinajstić information content (AvgIpc) is 2.94. The number of aryl methyl sites for hydroxylation is 1. The van der Waals surface area contributed by atoms with Crippen LogP contribution in [0.25, 0.3) is 0 Å². The summed E-state index contributed by atoms with van der Waals surface area (Å²) >= 11 is 0. The van der Waals surface area contributed by atoms with E-state index in [0.29, 0.717) is 19.2 Å². The Hall–Kier alpha value is -2.23. The molecule has 3 rings (SSSR count). The van der Waals surface area contributed by atoms with Crippen LogP contribution >= 0.6 is 0 Å². The lowest BCUT2D eigenvalue weighted by molar-refractivity contribution is 0.0946. The Morgan fingerprint density at radius 3 is 2.60 bits per heavy atom. The Bertz CT molecular complexity index is 700. The molecule has 1 fully saturated rings. The molecule has 134 valence electrons. The van der Waals surface area contributed by atoms with Crippen LogP contribution in [-0.4, -0.2) is 23.6 Å². The molecule has 1 aromatic carbocycles. The number of carbonyl (C=O) groups is 1. The van der Waals surface area contributed by atoms with E-state index >= 15 is 0 Å². The minimum Gasteiger partial charge on any atom is -0.492 e. The van der Waals surface area contributed by atoms with Crippen molar-refractivity contribution in [1.29, 1.82) is 0 Å². The monoisotopic (exact) mass is 340 g/mol. The molecule has 0 radical (unpaired) electrons. The number of carbonyl (C=O) groups excluding carboxylic acids is 1. The van der Waals surface area contributed by atoms with Crippen LogP contribution in [0, 0.1) is 13.8 Å². The molecule has 1 amide bonds. The van der Waals surface area contributed by atoms with Crippen molar-refractivity contribution in [2.45, 2.75) is 52.0 Å². The van der Waals surface area contributed by atoms with Gasteiger partial charge in [-0.05, 0) is 44.9 Å². The lowest BCUT2D eigenvalue weighted by Gasteiger charge is -2.26. The van der Waals surface area contributed by atoms with Gasteiger partial charge in [-0.3, -0.25) is 4.79 Å². The fourth-order valence-electron chi connectivity index (χ4n) is 3.85. The molecular formula is C21H28N2O2. The predicted octanol–water partition coefficient (Wildman–Crippen LogP) is 4.42. The molecule has 1 aromatic heterocycles. The third kappa shape index (κ3) is 4.25. The predicted molar refractivity (Wildman–Crippen MR) is 100 cm³/mol. The van der Waals surface area contributed by atoms with Gasteiger partial charge in [0, 0.05) is 17.4 Å². The van der Waals surface area contributed by atoms with Gasteiger partial charge in [0.2, 0.25) is 0 Å². The summed E-state index contributed by atoms with van der Waals surface area (Å²) in [5.74, 6) is 0.819. The maximum Gasteiger partial charge on any atom is 0.253 e. The summed E-state index contributed by atoms with van der Waals surface area (Å²) in [6.45, 7) is 5.14. The van der Waals surface area contributed by atoms with Gasteiger partial charge in [0.15, 0.2) is 0 Å². The second-order valence-corrected chi connectivity index (χ2v) is 6.86. The summed E-state index contributed by atoms with van der Waals surface area (Å²) in [5.41, 5.74) is 3.07. The highest BCUT2D eigenvalue weighted by Gasteiger charge is 2.22. The molecule has 1 N–H and O–H groups in total. The van der Waals surface area contributed by atoms with Gasteiger partial charge in [-0.25, -0.2) is 0 Å². The summed E-state index contributed by atoms with van der Waals surface area (Å²) in [5, 5.41) is 2.98. The minimum absolute atomic E-state index is 0.00757. The number of hydrogen-bond donors (Lipinski definition) is 1. The summed E-state index contributed by atoms with van der Waals surface area (Å²) in [6, 6.07) is 12.2. The number of para-hydroxylation sites is 1. The lowest BCUT2D eigenvalue weighted by atomic mass is 9.95. The van der Waals surface area contributed by atoms with E-state index in [1.165, 1.54) is 37.8 Å². The molecular weight excluding hydrogens is 312 g/mol. The molecule has 0 saturated heterocycles. The van der Waals surface area contributed by atoms with Gasteiger partial charge in [-0.1, -0.05) is 37.5 Å². The van der Waals surface area contributed by atoms with Crippen LogP contribution < -0.4 is 10.1 Å². The molecule has 0 aliphatic heterocycles. The van der Waals surface area contributed by atoms with Gasteiger partial charge in [0.05, 0.1) is 12.1 Å². The van der Waals surface area contributed by atoms with E-state index in [9.17, 15) is 4.79 Å². The van der Waals surface area contributed by atoms with E-state index in [-0.39, 0.29) is 5.91 Å². The topological polar surface area (TPSA) is 43.3 Å². The van der Waals surface area contributed by atoms with Crippen LogP contribution in [0.5, 0.6) is 5.75 Å². The van der Waals surface area contributed by atoms with Crippen molar-refractivity contribution in [2.75, 3.05) is 13.2 Å². The highest BCUT2D eigenvalue weighted by atomic mass is 16.5. The molecule has 2 aromatic rings. The molecule has 1 aliphatic carbocycles. The number of benzene rings is 1. The Balaban J connectivity index is 1.57. The largest absolute Gasteiger partial charge is 0.492 e. The van der Waals surface area contributed by atoms with E-state index < -0.39 is 0 Å². The Morgan fingerprint density at radius 2 is 1.88 bits per heavy atom. The highest BCUT2D eigenvalue weighted by Crippen LogP contribution is 2.32. The van der Waals surface area contributed by atoms with Gasteiger partial charge in [0.1, 0.15) is 12.4 Å². The summed E-state index contributed by atoms with van der Waals surface area (Å²) < 4.78 is 8.00. The molecule has 0 unspecified atom stereocenters. The van der Waals surface area contributed by atoms with Crippen LogP contribution in [0.2, 0.25) is 0 Å². The summed E-state index contributed by atoms with van der Waals surface area (Å²) in [4.78, 5) is 12.5. The maximum absolute atomic E-state index is 12.5. The Morgan fingerprint density at radius 1 is 1.16 bits per heavy atom. The van der Waals surface area contributed by atoms with Crippen molar-refractivity contribution >= 4 is 5.91 Å². The van der Waals surface area contributed by atoms with Crippen LogP contribution in [0.3, 0.4) is 0 Å². The second-order valence-electron chi connectivity index (χ2n) is 6.86. The number of aromatic nitrogens is 1. The molecule has 0 spiro atoms. The van der Waals surface area contributed by atoms with Gasteiger partial charge < -0.3 is 14.6 Å². The first kappa shape index (κ1) is 17.6.